The van der Waals surface area contributed by atoms with E-state index in [-0.39, 0.29) is 5.75 Å². The number of benzene rings is 1. The van der Waals surface area contributed by atoms with Crippen LogP contribution in [0, 0.1) is 5.92 Å². The van der Waals surface area contributed by atoms with Gasteiger partial charge in [0.25, 0.3) is 0 Å². The van der Waals surface area contributed by atoms with E-state index in [0.717, 1.165) is 18.9 Å². The van der Waals surface area contributed by atoms with Crippen molar-refractivity contribution in [3.63, 3.8) is 0 Å². The van der Waals surface area contributed by atoms with Crippen LogP contribution in [0.2, 0.25) is 0 Å². The van der Waals surface area contributed by atoms with Gasteiger partial charge in [0.1, 0.15) is 0 Å². The van der Waals surface area contributed by atoms with E-state index in [0.29, 0.717) is 38.8 Å². The molecule has 0 fully saturated rings. The Kier molecular flexibility index (Phi) is 11.8. The molecule has 0 saturated heterocycles. The molecule has 0 spiro atoms. The second kappa shape index (κ2) is 13.5. The molecule has 0 aliphatic heterocycles. The van der Waals surface area contributed by atoms with Gasteiger partial charge in [0, 0.05) is 33.2 Å². The highest BCUT2D eigenvalue weighted by molar-refractivity contribution is 7.89. The Bertz CT molecular complexity index is 665. The quantitative estimate of drug-likeness (QED) is 0.294. The van der Waals surface area contributed by atoms with Crippen molar-refractivity contribution in [3.8, 4) is 0 Å². The van der Waals surface area contributed by atoms with Gasteiger partial charge in [-0.15, -0.1) is 0 Å². The maximum absolute atomic E-state index is 11.7. The minimum absolute atomic E-state index is 0.130. The molecule has 0 bridgehead atoms. The van der Waals surface area contributed by atoms with Crippen molar-refractivity contribution < 1.29 is 13.2 Å². The first-order valence-corrected chi connectivity index (χ1v) is 11.6. The summed E-state index contributed by atoms with van der Waals surface area (Å²) in [6.45, 7) is 9.64. The SMILES string of the molecule is CCNC(=NCC(C)COCc1ccccc1)NCCCN(C)S(=O)(=O)CC. The van der Waals surface area contributed by atoms with Crippen LogP contribution in [-0.4, -0.2) is 64.3 Å². The Morgan fingerprint density at radius 1 is 1.21 bits per heavy atom. The highest BCUT2D eigenvalue weighted by atomic mass is 32.2. The van der Waals surface area contributed by atoms with Crippen LogP contribution >= 0.6 is 0 Å². The molecule has 1 aromatic carbocycles. The van der Waals surface area contributed by atoms with E-state index in [1.807, 2.05) is 25.1 Å². The fraction of sp³-hybridized carbons (Fsp3) is 0.650. The molecule has 0 aliphatic carbocycles. The van der Waals surface area contributed by atoms with Gasteiger partial charge in [0.15, 0.2) is 5.96 Å². The summed E-state index contributed by atoms with van der Waals surface area (Å²) >= 11 is 0. The molecule has 2 N–H and O–H groups in total. The second-order valence-corrected chi connectivity index (χ2v) is 9.19. The van der Waals surface area contributed by atoms with Gasteiger partial charge < -0.3 is 15.4 Å². The van der Waals surface area contributed by atoms with Crippen molar-refractivity contribution in [2.75, 3.05) is 45.6 Å². The van der Waals surface area contributed by atoms with E-state index < -0.39 is 10.0 Å². The molecule has 0 aromatic heterocycles. The van der Waals surface area contributed by atoms with Gasteiger partial charge in [-0.2, -0.15) is 0 Å². The number of hydrogen-bond donors (Lipinski definition) is 2. The van der Waals surface area contributed by atoms with Gasteiger partial charge in [0.2, 0.25) is 10.0 Å². The lowest BCUT2D eigenvalue weighted by atomic mass is 10.2. The number of nitrogens with zero attached hydrogens (tertiary/aromatic N) is 2. The van der Waals surface area contributed by atoms with Crippen molar-refractivity contribution in [2.45, 2.75) is 33.8 Å². The minimum Gasteiger partial charge on any atom is -0.376 e. The third-order valence-corrected chi connectivity index (χ3v) is 6.06. The van der Waals surface area contributed by atoms with E-state index in [9.17, 15) is 8.42 Å². The van der Waals surface area contributed by atoms with Gasteiger partial charge in [0.05, 0.1) is 19.0 Å². The van der Waals surface area contributed by atoms with Crippen LogP contribution in [-0.2, 0) is 21.4 Å². The first-order valence-electron chi connectivity index (χ1n) is 9.96. The first kappa shape index (κ1) is 24.4. The summed E-state index contributed by atoms with van der Waals surface area (Å²) in [5.41, 5.74) is 1.17. The molecule has 1 atom stereocenters. The van der Waals surface area contributed by atoms with Crippen LogP contribution in [0.4, 0.5) is 0 Å². The number of rotatable bonds is 13. The van der Waals surface area contributed by atoms with Crippen molar-refractivity contribution in [1.29, 1.82) is 0 Å². The van der Waals surface area contributed by atoms with E-state index in [1.54, 1.807) is 14.0 Å². The average Bonchev–Trinajstić information content (AvgIpc) is 2.69. The highest BCUT2D eigenvalue weighted by Gasteiger charge is 2.14. The molecular weight excluding hydrogens is 376 g/mol. The highest BCUT2D eigenvalue weighted by Crippen LogP contribution is 2.04. The number of hydrogen-bond acceptors (Lipinski definition) is 4. The first-order chi connectivity index (χ1) is 13.4. The normalized spacial score (nSPS) is 13.5. The van der Waals surface area contributed by atoms with Crippen LogP contribution in [0.3, 0.4) is 0 Å². The van der Waals surface area contributed by atoms with E-state index in [4.69, 9.17) is 4.74 Å². The zero-order valence-corrected chi connectivity index (χ0v) is 18.5. The molecule has 8 heteroatoms. The number of guanidine groups is 1. The molecule has 160 valence electrons. The van der Waals surface area contributed by atoms with Crippen molar-refractivity contribution in [3.05, 3.63) is 35.9 Å². The van der Waals surface area contributed by atoms with Crippen molar-refractivity contribution >= 4 is 16.0 Å². The molecule has 0 amide bonds. The summed E-state index contributed by atoms with van der Waals surface area (Å²) in [6, 6.07) is 10.1. The molecule has 7 nitrogen and oxygen atoms in total. The maximum atomic E-state index is 11.7. The molecule has 0 aliphatic rings. The van der Waals surface area contributed by atoms with E-state index in [2.05, 4.69) is 34.7 Å². The molecular formula is C20H36N4O3S. The lowest BCUT2D eigenvalue weighted by Crippen LogP contribution is -2.39. The van der Waals surface area contributed by atoms with Crippen molar-refractivity contribution in [2.24, 2.45) is 10.9 Å². The lowest BCUT2D eigenvalue weighted by molar-refractivity contribution is 0.0945. The predicted molar refractivity (Wildman–Crippen MR) is 116 cm³/mol. The number of ether oxygens (including phenoxy) is 1. The van der Waals surface area contributed by atoms with Gasteiger partial charge >= 0.3 is 0 Å². The second-order valence-electron chi connectivity index (χ2n) is 6.83. The Morgan fingerprint density at radius 2 is 1.93 bits per heavy atom. The molecule has 1 unspecified atom stereocenters. The van der Waals surface area contributed by atoms with Gasteiger partial charge in [-0.3, -0.25) is 4.99 Å². The van der Waals surface area contributed by atoms with Crippen LogP contribution in [0.15, 0.2) is 35.3 Å². The summed E-state index contributed by atoms with van der Waals surface area (Å²) < 4.78 is 30.7. The largest absolute Gasteiger partial charge is 0.376 e. The number of sulfonamides is 1. The molecule has 0 heterocycles. The van der Waals surface area contributed by atoms with Crippen LogP contribution < -0.4 is 10.6 Å². The minimum atomic E-state index is -3.11. The van der Waals surface area contributed by atoms with Gasteiger partial charge in [-0.25, -0.2) is 12.7 Å². The predicted octanol–water partition coefficient (Wildman–Crippen LogP) is 2.07. The molecule has 0 radical (unpaired) electrons. The Balaban J connectivity index is 2.31. The summed E-state index contributed by atoms with van der Waals surface area (Å²) in [5.74, 6) is 1.18. The van der Waals surface area contributed by atoms with Gasteiger partial charge in [-0.1, -0.05) is 37.3 Å². The topological polar surface area (TPSA) is 83.0 Å². The summed E-state index contributed by atoms with van der Waals surface area (Å²) in [4.78, 5) is 4.60. The standard InChI is InChI=1S/C20H36N4O3S/c1-5-21-20(22-13-10-14-24(4)28(25,26)6-2)23-15-18(3)16-27-17-19-11-8-7-9-12-19/h7-9,11-12,18H,5-6,10,13-17H2,1-4H3,(H2,21,22,23). The zero-order valence-electron chi connectivity index (χ0n) is 17.6. The lowest BCUT2D eigenvalue weighted by Gasteiger charge is -2.17. The Morgan fingerprint density at radius 3 is 2.57 bits per heavy atom. The molecule has 28 heavy (non-hydrogen) atoms. The van der Waals surface area contributed by atoms with E-state index >= 15 is 0 Å². The number of nitrogens with one attached hydrogen (secondary N) is 2. The van der Waals surface area contributed by atoms with Crippen LogP contribution in [0.1, 0.15) is 32.8 Å². The fourth-order valence-electron chi connectivity index (χ4n) is 2.46. The molecule has 1 rings (SSSR count). The van der Waals surface area contributed by atoms with Crippen LogP contribution in [0.5, 0.6) is 0 Å². The van der Waals surface area contributed by atoms with Gasteiger partial charge in [-0.05, 0) is 31.7 Å². The Hall–Kier alpha value is -1.64. The number of aliphatic imine (C=N–C) groups is 1. The summed E-state index contributed by atoms with van der Waals surface area (Å²) in [7, 11) is -1.49. The monoisotopic (exact) mass is 412 g/mol. The third kappa shape index (κ3) is 10.1. The van der Waals surface area contributed by atoms with Crippen LogP contribution in [0.25, 0.3) is 0 Å². The van der Waals surface area contributed by atoms with Crippen molar-refractivity contribution in [1.82, 2.24) is 14.9 Å². The summed E-state index contributed by atoms with van der Waals surface area (Å²) in [5, 5.41) is 6.48. The maximum Gasteiger partial charge on any atom is 0.213 e. The molecule has 0 saturated carbocycles. The molecule has 1 aromatic rings. The zero-order chi connectivity index (χ0) is 20.8. The Labute approximate surface area is 170 Å². The third-order valence-electron chi connectivity index (χ3n) is 4.20. The fourth-order valence-corrected chi connectivity index (χ4v) is 3.31. The smallest absolute Gasteiger partial charge is 0.213 e. The summed E-state index contributed by atoms with van der Waals surface area (Å²) in [6.07, 6.45) is 0.718. The van der Waals surface area contributed by atoms with E-state index in [1.165, 1.54) is 9.87 Å². The average molecular weight is 413 g/mol.